The summed E-state index contributed by atoms with van der Waals surface area (Å²) in [6.45, 7) is 15.7. The van der Waals surface area contributed by atoms with Gasteiger partial charge >= 0.3 is 6.09 Å². The number of aldehydes is 1. The van der Waals surface area contributed by atoms with Gasteiger partial charge in [0.1, 0.15) is 17.4 Å². The van der Waals surface area contributed by atoms with Crippen LogP contribution in [0.4, 0.5) is 4.79 Å². The molecule has 2 atom stereocenters. The van der Waals surface area contributed by atoms with Crippen molar-refractivity contribution in [3.05, 3.63) is 60.7 Å². The number of carbonyl (C=O) groups is 2. The second-order valence-electron chi connectivity index (χ2n) is 11.6. The number of hydrogen-bond donors (Lipinski definition) is 0. The van der Waals surface area contributed by atoms with E-state index in [1.807, 2.05) is 57.2 Å². The first-order valence-electron chi connectivity index (χ1n) is 12.1. The second kappa shape index (κ2) is 9.88. The molecule has 0 radical (unpaired) electrons. The number of nitrogens with zero attached hydrogens (tertiary/aromatic N) is 1. The van der Waals surface area contributed by atoms with Crippen molar-refractivity contribution in [3.63, 3.8) is 0 Å². The van der Waals surface area contributed by atoms with Gasteiger partial charge in [-0.3, -0.25) is 4.90 Å². The smallest absolute Gasteiger partial charge is 0.413 e. The molecule has 1 amide bonds. The van der Waals surface area contributed by atoms with Crippen molar-refractivity contribution in [3.8, 4) is 0 Å². The summed E-state index contributed by atoms with van der Waals surface area (Å²) in [6.07, 6.45) is -0.593. The van der Waals surface area contributed by atoms with E-state index in [1.54, 1.807) is 13.8 Å². The minimum absolute atomic E-state index is 0.138. The Kier molecular flexibility index (Phi) is 7.65. The van der Waals surface area contributed by atoms with E-state index < -0.39 is 37.9 Å². The van der Waals surface area contributed by atoms with E-state index in [2.05, 4.69) is 45.0 Å². The highest BCUT2D eigenvalue weighted by Crippen LogP contribution is 2.39. The van der Waals surface area contributed by atoms with Gasteiger partial charge in [-0.1, -0.05) is 81.4 Å². The van der Waals surface area contributed by atoms with Crippen LogP contribution in [0.3, 0.4) is 0 Å². The summed E-state index contributed by atoms with van der Waals surface area (Å²) < 4.78 is 18.7. The molecule has 1 aliphatic rings. The molecular weight excluding hydrogens is 458 g/mol. The van der Waals surface area contributed by atoms with Gasteiger partial charge in [0, 0.05) is 0 Å². The Morgan fingerprint density at radius 2 is 1.46 bits per heavy atom. The van der Waals surface area contributed by atoms with Crippen LogP contribution in [0.1, 0.15) is 55.4 Å². The third kappa shape index (κ3) is 5.52. The lowest BCUT2D eigenvalue weighted by molar-refractivity contribution is -0.124. The Labute approximate surface area is 210 Å². The maximum atomic E-state index is 13.3. The third-order valence-electron chi connectivity index (χ3n) is 6.33. The van der Waals surface area contributed by atoms with Crippen LogP contribution in [-0.2, 0) is 18.7 Å². The van der Waals surface area contributed by atoms with Crippen molar-refractivity contribution in [1.29, 1.82) is 0 Å². The van der Waals surface area contributed by atoms with Crippen molar-refractivity contribution in [2.75, 3.05) is 6.61 Å². The van der Waals surface area contributed by atoms with Gasteiger partial charge in [-0.15, -0.1) is 0 Å². The van der Waals surface area contributed by atoms with Crippen molar-refractivity contribution in [2.45, 2.75) is 83.9 Å². The molecule has 2 aromatic rings. The molecule has 0 aliphatic carbocycles. The molecule has 2 aromatic carbocycles. The molecule has 1 saturated heterocycles. The zero-order chi connectivity index (χ0) is 26.1. The maximum absolute atomic E-state index is 13.3. The van der Waals surface area contributed by atoms with E-state index in [9.17, 15) is 9.59 Å². The van der Waals surface area contributed by atoms with Crippen molar-refractivity contribution in [1.82, 2.24) is 4.90 Å². The third-order valence-corrected chi connectivity index (χ3v) is 11.3. The van der Waals surface area contributed by atoms with E-state index in [0.29, 0.717) is 0 Å². The fourth-order valence-corrected chi connectivity index (χ4v) is 9.52. The summed E-state index contributed by atoms with van der Waals surface area (Å²) in [5.41, 5.74) is -1.71. The Hall–Kier alpha value is -2.48. The zero-order valence-corrected chi connectivity index (χ0v) is 23.2. The topological polar surface area (TPSA) is 65.1 Å². The van der Waals surface area contributed by atoms with Gasteiger partial charge in [0.05, 0.1) is 12.6 Å². The largest absolute Gasteiger partial charge is 0.444 e. The van der Waals surface area contributed by atoms with E-state index in [4.69, 9.17) is 13.9 Å². The molecule has 190 valence electrons. The van der Waals surface area contributed by atoms with E-state index >= 15 is 0 Å². The summed E-state index contributed by atoms with van der Waals surface area (Å²) in [6, 6.07) is 19.9. The Morgan fingerprint density at radius 3 is 1.86 bits per heavy atom. The van der Waals surface area contributed by atoms with Crippen molar-refractivity contribution >= 4 is 31.1 Å². The Bertz CT molecular complexity index is 972. The molecule has 7 heteroatoms. The summed E-state index contributed by atoms with van der Waals surface area (Å²) in [4.78, 5) is 26.9. The van der Waals surface area contributed by atoms with Gasteiger partial charge in [0.2, 0.25) is 0 Å². The highest BCUT2D eigenvalue weighted by Gasteiger charge is 2.55. The average Bonchev–Trinajstić information content (AvgIpc) is 3.03. The monoisotopic (exact) mass is 497 g/mol. The zero-order valence-electron chi connectivity index (χ0n) is 22.2. The normalized spacial score (nSPS) is 20.5. The van der Waals surface area contributed by atoms with Gasteiger partial charge in [-0.2, -0.15) is 0 Å². The van der Waals surface area contributed by atoms with Crippen LogP contribution in [0, 0.1) is 0 Å². The van der Waals surface area contributed by atoms with Crippen LogP contribution in [0.15, 0.2) is 60.7 Å². The van der Waals surface area contributed by atoms with Crippen LogP contribution < -0.4 is 10.4 Å². The van der Waals surface area contributed by atoms with Crippen LogP contribution in [0.5, 0.6) is 0 Å². The molecule has 35 heavy (non-hydrogen) atoms. The first-order valence-corrected chi connectivity index (χ1v) is 14.0. The molecular formula is C28H39NO5Si. The van der Waals surface area contributed by atoms with Gasteiger partial charge in [-0.05, 0) is 50.0 Å². The molecule has 1 aliphatic heterocycles. The van der Waals surface area contributed by atoms with Crippen molar-refractivity contribution < 1.29 is 23.5 Å². The Balaban J connectivity index is 2.08. The average molecular weight is 498 g/mol. The summed E-state index contributed by atoms with van der Waals surface area (Å²) in [5, 5.41) is 2.02. The standard InChI is InChI=1S/C28H39NO5Si/c1-26(2,3)34-25(31)29-23(24(19-30)33-28(29,7)8)20-32-35(27(4,5)6,21-15-11-9-12-16-21)22-17-13-10-14-18-22/h9-19,23-24H,20H2,1-8H3/t23-,24-/m0/s1. The fraction of sp³-hybridized carbons (Fsp3) is 0.500. The molecule has 0 saturated carbocycles. The van der Waals surface area contributed by atoms with Crippen molar-refractivity contribution in [2.24, 2.45) is 0 Å². The number of hydrogen-bond acceptors (Lipinski definition) is 5. The second-order valence-corrected chi connectivity index (χ2v) is 15.9. The summed E-state index contributed by atoms with van der Waals surface area (Å²) in [5.74, 6) is 0. The molecule has 1 heterocycles. The quantitative estimate of drug-likeness (QED) is 0.434. The number of rotatable bonds is 6. The molecule has 1 fully saturated rings. The first kappa shape index (κ1) is 27.1. The van der Waals surface area contributed by atoms with Crippen LogP contribution in [0.2, 0.25) is 5.04 Å². The van der Waals surface area contributed by atoms with Crippen LogP contribution in [-0.4, -0.2) is 55.7 Å². The van der Waals surface area contributed by atoms with E-state index in [0.717, 1.165) is 16.7 Å². The minimum Gasteiger partial charge on any atom is -0.444 e. The fourth-order valence-electron chi connectivity index (χ4n) is 4.94. The first-order chi connectivity index (χ1) is 16.2. The highest BCUT2D eigenvalue weighted by molar-refractivity contribution is 6.99. The summed E-state index contributed by atoms with van der Waals surface area (Å²) in [7, 11) is -2.87. The molecule has 0 unspecified atom stereocenters. The number of ether oxygens (including phenoxy) is 2. The van der Waals surface area contributed by atoms with Crippen LogP contribution >= 0.6 is 0 Å². The lowest BCUT2D eigenvalue weighted by atomic mass is 10.1. The lowest BCUT2D eigenvalue weighted by Gasteiger charge is -2.44. The van der Waals surface area contributed by atoms with Gasteiger partial charge in [0.25, 0.3) is 8.32 Å². The SMILES string of the molecule is CC(C)(C)OC(=O)N1[C@@H](CO[Si](c2ccccc2)(c2ccccc2)C(C)(C)C)[C@H](C=O)OC1(C)C. The van der Waals surface area contributed by atoms with E-state index in [-0.39, 0.29) is 11.6 Å². The van der Waals surface area contributed by atoms with Gasteiger partial charge in [0.15, 0.2) is 6.29 Å². The highest BCUT2D eigenvalue weighted by atomic mass is 28.4. The molecule has 0 bridgehead atoms. The molecule has 6 nitrogen and oxygen atoms in total. The predicted molar refractivity (Wildman–Crippen MR) is 140 cm³/mol. The Morgan fingerprint density at radius 1 is 0.971 bits per heavy atom. The van der Waals surface area contributed by atoms with E-state index in [1.165, 1.54) is 4.90 Å². The molecule has 0 aromatic heterocycles. The lowest BCUT2D eigenvalue weighted by Crippen LogP contribution is -2.67. The maximum Gasteiger partial charge on any atom is 0.413 e. The number of benzene rings is 2. The van der Waals surface area contributed by atoms with Gasteiger partial charge in [-0.25, -0.2) is 4.79 Å². The molecule has 0 N–H and O–H groups in total. The summed E-state index contributed by atoms with van der Waals surface area (Å²) >= 11 is 0. The molecule has 0 spiro atoms. The number of amides is 1. The van der Waals surface area contributed by atoms with Crippen LogP contribution in [0.25, 0.3) is 0 Å². The minimum atomic E-state index is -2.87. The number of carbonyl (C=O) groups excluding carboxylic acids is 2. The predicted octanol–water partition coefficient (Wildman–Crippen LogP) is 4.50. The molecule has 3 rings (SSSR count). The van der Waals surface area contributed by atoms with Gasteiger partial charge < -0.3 is 18.7 Å².